The van der Waals surface area contributed by atoms with E-state index < -0.39 is 0 Å². The highest BCUT2D eigenvalue weighted by Gasteiger charge is 2.36. The smallest absolute Gasteiger partial charge is 0.122 e. The molecule has 1 saturated heterocycles. The molecule has 0 saturated carbocycles. The van der Waals surface area contributed by atoms with Crippen molar-refractivity contribution in [3.8, 4) is 5.75 Å². The van der Waals surface area contributed by atoms with Crippen LogP contribution in [0.25, 0.3) is 0 Å². The topological polar surface area (TPSA) is 24.5 Å². The predicted octanol–water partition coefficient (Wildman–Crippen LogP) is 2.87. The zero-order valence-electron chi connectivity index (χ0n) is 13.7. The first-order chi connectivity index (χ1) is 9.95. The second-order valence-corrected chi connectivity index (χ2v) is 7.69. The molecule has 3 nitrogen and oxygen atoms in total. The summed E-state index contributed by atoms with van der Waals surface area (Å²) in [7, 11) is 0. The highest BCUT2D eigenvalue weighted by molar-refractivity contribution is 5.39. The van der Waals surface area contributed by atoms with Gasteiger partial charge in [0.2, 0.25) is 0 Å². The normalized spacial score (nSPS) is 30.0. The lowest BCUT2D eigenvalue weighted by Gasteiger charge is -2.46. The van der Waals surface area contributed by atoms with E-state index in [2.05, 4.69) is 62.2 Å². The molecule has 0 aliphatic carbocycles. The minimum absolute atomic E-state index is 0.298. The second-order valence-electron chi connectivity index (χ2n) is 7.69. The Morgan fingerprint density at radius 2 is 2.05 bits per heavy atom. The van der Waals surface area contributed by atoms with Crippen molar-refractivity contribution >= 4 is 0 Å². The lowest BCUT2D eigenvalue weighted by atomic mass is 9.83. The molecule has 1 N–H and O–H groups in total. The quantitative estimate of drug-likeness (QED) is 0.905. The standard InChI is InChI=1S/C18H28N2O/c1-13-10-20(17(9-19-13)18(2,3)4)11-14-12-21-16-8-6-5-7-15(14)16/h5-8,13-14,17,19H,9-12H2,1-4H3. The van der Waals surface area contributed by atoms with Gasteiger partial charge in [0.1, 0.15) is 5.75 Å². The number of nitrogens with one attached hydrogen (secondary N) is 1. The predicted molar refractivity (Wildman–Crippen MR) is 87.0 cm³/mol. The summed E-state index contributed by atoms with van der Waals surface area (Å²) in [5.41, 5.74) is 1.68. The Hall–Kier alpha value is -1.06. The van der Waals surface area contributed by atoms with E-state index in [1.807, 2.05) is 0 Å². The Kier molecular flexibility index (Phi) is 3.98. The van der Waals surface area contributed by atoms with Crippen LogP contribution in [-0.4, -0.2) is 43.2 Å². The average Bonchev–Trinajstić information content (AvgIpc) is 2.81. The van der Waals surface area contributed by atoms with Crippen LogP contribution in [0.1, 0.15) is 39.2 Å². The molecule has 3 unspecified atom stereocenters. The third-order valence-electron chi connectivity index (χ3n) is 4.86. The number of nitrogens with zero attached hydrogens (tertiary/aromatic N) is 1. The molecule has 0 bridgehead atoms. The van der Waals surface area contributed by atoms with Crippen molar-refractivity contribution in [1.29, 1.82) is 0 Å². The van der Waals surface area contributed by atoms with Gasteiger partial charge in [0, 0.05) is 43.2 Å². The molecule has 2 aliphatic rings. The van der Waals surface area contributed by atoms with E-state index in [-0.39, 0.29) is 0 Å². The molecule has 1 aromatic carbocycles. The molecular weight excluding hydrogens is 260 g/mol. The number of piperazine rings is 1. The number of rotatable bonds is 2. The Balaban J connectivity index is 1.76. The third-order valence-corrected chi connectivity index (χ3v) is 4.86. The largest absolute Gasteiger partial charge is 0.493 e. The van der Waals surface area contributed by atoms with Gasteiger partial charge in [-0.05, 0) is 18.4 Å². The van der Waals surface area contributed by atoms with Crippen molar-refractivity contribution in [3.05, 3.63) is 29.8 Å². The summed E-state index contributed by atoms with van der Waals surface area (Å²) in [4.78, 5) is 2.68. The summed E-state index contributed by atoms with van der Waals surface area (Å²) >= 11 is 0. The van der Waals surface area contributed by atoms with E-state index >= 15 is 0 Å². The molecule has 2 aliphatic heterocycles. The summed E-state index contributed by atoms with van der Waals surface area (Å²) < 4.78 is 5.86. The molecule has 2 heterocycles. The zero-order chi connectivity index (χ0) is 15.0. The van der Waals surface area contributed by atoms with Gasteiger partial charge < -0.3 is 10.1 Å². The van der Waals surface area contributed by atoms with E-state index in [1.165, 1.54) is 5.56 Å². The first-order valence-corrected chi connectivity index (χ1v) is 8.14. The Bertz CT molecular complexity index is 494. The van der Waals surface area contributed by atoms with Gasteiger partial charge in [0.05, 0.1) is 6.61 Å². The van der Waals surface area contributed by atoms with E-state index in [9.17, 15) is 0 Å². The van der Waals surface area contributed by atoms with Crippen LogP contribution in [-0.2, 0) is 0 Å². The van der Waals surface area contributed by atoms with Gasteiger partial charge in [-0.15, -0.1) is 0 Å². The van der Waals surface area contributed by atoms with Gasteiger partial charge in [-0.1, -0.05) is 39.0 Å². The second kappa shape index (κ2) is 5.62. The Morgan fingerprint density at radius 1 is 1.29 bits per heavy atom. The van der Waals surface area contributed by atoms with Crippen LogP contribution in [0.4, 0.5) is 0 Å². The molecule has 3 heteroatoms. The van der Waals surface area contributed by atoms with Gasteiger partial charge in [0.25, 0.3) is 0 Å². The van der Waals surface area contributed by atoms with Crippen LogP contribution >= 0.6 is 0 Å². The maximum absolute atomic E-state index is 5.86. The van der Waals surface area contributed by atoms with E-state index in [0.717, 1.165) is 32.0 Å². The number of hydrogen-bond acceptors (Lipinski definition) is 3. The summed E-state index contributed by atoms with van der Waals surface area (Å²) in [6.45, 7) is 13.5. The molecule has 0 radical (unpaired) electrons. The SMILES string of the molecule is CC1CN(CC2COc3ccccc32)C(C(C)(C)C)CN1. The van der Waals surface area contributed by atoms with Gasteiger partial charge in [-0.25, -0.2) is 0 Å². The van der Waals surface area contributed by atoms with Crippen LogP contribution in [0.15, 0.2) is 24.3 Å². The number of fused-ring (bicyclic) bond motifs is 1. The summed E-state index contributed by atoms with van der Waals surface area (Å²) in [5.74, 6) is 1.59. The Labute approximate surface area is 128 Å². The summed E-state index contributed by atoms with van der Waals surface area (Å²) in [5, 5.41) is 3.64. The van der Waals surface area contributed by atoms with E-state index in [4.69, 9.17) is 4.74 Å². The highest BCUT2D eigenvalue weighted by atomic mass is 16.5. The fourth-order valence-electron chi connectivity index (χ4n) is 3.70. The number of para-hydroxylation sites is 1. The van der Waals surface area contributed by atoms with E-state index in [1.54, 1.807) is 0 Å². The summed E-state index contributed by atoms with van der Waals surface area (Å²) in [6, 6.07) is 9.67. The fourth-order valence-corrected chi connectivity index (χ4v) is 3.70. The third kappa shape index (κ3) is 3.09. The van der Waals surface area contributed by atoms with Crippen molar-refractivity contribution < 1.29 is 4.74 Å². The molecule has 0 aromatic heterocycles. The van der Waals surface area contributed by atoms with Crippen LogP contribution in [0.2, 0.25) is 0 Å². The highest BCUT2D eigenvalue weighted by Crippen LogP contribution is 2.36. The van der Waals surface area contributed by atoms with Crippen LogP contribution in [0.5, 0.6) is 5.75 Å². The van der Waals surface area contributed by atoms with Crippen LogP contribution < -0.4 is 10.1 Å². The van der Waals surface area contributed by atoms with Gasteiger partial charge in [0.15, 0.2) is 0 Å². The van der Waals surface area contributed by atoms with Crippen molar-refractivity contribution in [1.82, 2.24) is 10.2 Å². The van der Waals surface area contributed by atoms with Crippen molar-refractivity contribution in [2.24, 2.45) is 5.41 Å². The number of hydrogen-bond donors (Lipinski definition) is 1. The zero-order valence-corrected chi connectivity index (χ0v) is 13.7. The molecule has 0 spiro atoms. The number of ether oxygens (including phenoxy) is 1. The van der Waals surface area contributed by atoms with Gasteiger partial charge >= 0.3 is 0 Å². The number of benzene rings is 1. The molecular formula is C18H28N2O. The molecule has 1 fully saturated rings. The first kappa shape index (κ1) is 14.9. The maximum Gasteiger partial charge on any atom is 0.122 e. The van der Waals surface area contributed by atoms with Crippen molar-refractivity contribution in [2.45, 2.75) is 45.7 Å². The lowest BCUT2D eigenvalue weighted by molar-refractivity contribution is 0.0518. The van der Waals surface area contributed by atoms with Crippen molar-refractivity contribution in [2.75, 3.05) is 26.2 Å². The van der Waals surface area contributed by atoms with Crippen molar-refractivity contribution in [3.63, 3.8) is 0 Å². The minimum Gasteiger partial charge on any atom is -0.493 e. The monoisotopic (exact) mass is 288 g/mol. The average molecular weight is 288 g/mol. The van der Waals surface area contributed by atoms with Crippen LogP contribution in [0, 0.1) is 5.41 Å². The Morgan fingerprint density at radius 3 is 2.81 bits per heavy atom. The maximum atomic E-state index is 5.86. The minimum atomic E-state index is 0.298. The molecule has 3 atom stereocenters. The molecule has 21 heavy (non-hydrogen) atoms. The van der Waals surface area contributed by atoms with E-state index in [0.29, 0.717) is 23.4 Å². The fraction of sp³-hybridized carbons (Fsp3) is 0.667. The van der Waals surface area contributed by atoms with Gasteiger partial charge in [-0.3, -0.25) is 4.90 Å². The van der Waals surface area contributed by atoms with Crippen LogP contribution in [0.3, 0.4) is 0 Å². The molecule has 0 amide bonds. The molecule has 116 valence electrons. The molecule has 1 aromatic rings. The lowest BCUT2D eigenvalue weighted by Crippen LogP contribution is -2.60. The summed E-state index contributed by atoms with van der Waals surface area (Å²) in [6.07, 6.45) is 0. The molecule has 3 rings (SSSR count). The van der Waals surface area contributed by atoms with Gasteiger partial charge in [-0.2, -0.15) is 0 Å². The first-order valence-electron chi connectivity index (χ1n) is 8.14.